The van der Waals surface area contributed by atoms with E-state index in [0.29, 0.717) is 28.5 Å². The minimum absolute atomic E-state index is 0.0216. The molecule has 1 aliphatic rings. The van der Waals surface area contributed by atoms with E-state index in [-0.39, 0.29) is 17.2 Å². The van der Waals surface area contributed by atoms with Crippen molar-refractivity contribution in [3.05, 3.63) is 65.2 Å². The molecule has 2 N–H and O–H groups in total. The molecular weight excluding hydrogens is 406 g/mol. The maximum atomic E-state index is 13.0. The summed E-state index contributed by atoms with van der Waals surface area (Å²) in [5.74, 6) is 1.07. The zero-order chi connectivity index (χ0) is 20.4. The Hall–Kier alpha value is -2.51. The fourth-order valence-corrected chi connectivity index (χ4v) is 4.39. The highest BCUT2D eigenvalue weighted by molar-refractivity contribution is 8.00. The molecule has 8 heteroatoms. The Balaban J connectivity index is 1.70. The van der Waals surface area contributed by atoms with Crippen molar-refractivity contribution in [2.45, 2.75) is 30.3 Å². The first-order chi connectivity index (χ1) is 14.0. The van der Waals surface area contributed by atoms with Crippen LogP contribution in [0.5, 0.6) is 0 Å². The van der Waals surface area contributed by atoms with Crippen LogP contribution in [0.1, 0.15) is 25.5 Å². The summed E-state index contributed by atoms with van der Waals surface area (Å²) < 4.78 is 1.87. The average molecular weight is 428 g/mol. The summed E-state index contributed by atoms with van der Waals surface area (Å²) in [4.78, 5) is 13.0. The first-order valence-electron chi connectivity index (χ1n) is 9.50. The van der Waals surface area contributed by atoms with Gasteiger partial charge >= 0.3 is 0 Å². The molecule has 2 unspecified atom stereocenters. The fourth-order valence-electron chi connectivity index (χ4n) is 3.15. The number of fused-ring (bicyclic) bond motifs is 1. The molecule has 0 fully saturated rings. The van der Waals surface area contributed by atoms with Gasteiger partial charge in [0.2, 0.25) is 11.1 Å². The van der Waals surface area contributed by atoms with E-state index in [1.807, 2.05) is 59.3 Å². The molecule has 29 heavy (non-hydrogen) atoms. The summed E-state index contributed by atoms with van der Waals surface area (Å²) in [5.41, 5.74) is 5.40. The first kappa shape index (κ1) is 19.8. The Labute approximate surface area is 179 Å². The van der Waals surface area contributed by atoms with E-state index in [0.717, 1.165) is 11.1 Å². The molecule has 1 aliphatic heterocycles. The van der Waals surface area contributed by atoms with Crippen LogP contribution in [0.4, 0.5) is 0 Å². The first-order valence-corrected chi connectivity index (χ1v) is 10.8. The van der Waals surface area contributed by atoms with Crippen LogP contribution < -0.4 is 10.7 Å². The third kappa shape index (κ3) is 4.26. The summed E-state index contributed by atoms with van der Waals surface area (Å²) in [6, 6.07) is 17.2. The second-order valence-corrected chi connectivity index (χ2v) is 8.89. The van der Waals surface area contributed by atoms with Crippen molar-refractivity contribution < 1.29 is 4.79 Å². The Bertz CT molecular complexity index is 990. The Morgan fingerprint density at radius 2 is 1.90 bits per heavy atom. The van der Waals surface area contributed by atoms with Gasteiger partial charge in [0.15, 0.2) is 5.82 Å². The van der Waals surface area contributed by atoms with Gasteiger partial charge in [-0.25, -0.2) is 4.68 Å². The summed E-state index contributed by atoms with van der Waals surface area (Å²) >= 11 is 7.49. The molecule has 0 radical (unpaired) electrons. The molecule has 0 bridgehead atoms. The van der Waals surface area contributed by atoms with E-state index in [1.54, 1.807) is 0 Å². The summed E-state index contributed by atoms with van der Waals surface area (Å²) in [6.45, 7) is 4.78. The van der Waals surface area contributed by atoms with E-state index in [9.17, 15) is 4.79 Å². The number of rotatable bonds is 5. The van der Waals surface area contributed by atoms with Gasteiger partial charge in [0.05, 0.1) is 6.04 Å². The lowest BCUT2D eigenvalue weighted by molar-refractivity contribution is -0.121. The minimum Gasteiger partial charge on any atom is -0.355 e. The molecule has 0 spiro atoms. The molecule has 0 saturated carbocycles. The van der Waals surface area contributed by atoms with Gasteiger partial charge in [0.1, 0.15) is 5.25 Å². The molecule has 150 valence electrons. The third-order valence-electron chi connectivity index (χ3n) is 4.64. The van der Waals surface area contributed by atoms with Crippen molar-refractivity contribution in [2.24, 2.45) is 5.92 Å². The molecule has 3 aromatic rings. The number of nitrogens with zero attached hydrogens (tertiary/aromatic N) is 3. The van der Waals surface area contributed by atoms with Gasteiger partial charge in [-0.05, 0) is 23.6 Å². The van der Waals surface area contributed by atoms with Crippen molar-refractivity contribution in [2.75, 3.05) is 12.0 Å². The molecule has 2 atom stereocenters. The lowest BCUT2D eigenvalue weighted by Crippen LogP contribution is -2.44. The molecule has 1 amide bonds. The highest BCUT2D eigenvalue weighted by atomic mass is 35.5. The van der Waals surface area contributed by atoms with Crippen LogP contribution in [0.25, 0.3) is 11.4 Å². The fraction of sp³-hybridized carbons (Fsp3) is 0.286. The van der Waals surface area contributed by atoms with Gasteiger partial charge < -0.3 is 10.7 Å². The molecule has 6 nitrogen and oxygen atoms in total. The lowest BCUT2D eigenvalue weighted by Gasteiger charge is -2.33. The summed E-state index contributed by atoms with van der Waals surface area (Å²) in [7, 11) is 0. The van der Waals surface area contributed by atoms with Crippen LogP contribution in [0.2, 0.25) is 5.02 Å². The van der Waals surface area contributed by atoms with Crippen molar-refractivity contribution in [3.8, 4) is 11.4 Å². The Morgan fingerprint density at radius 1 is 1.17 bits per heavy atom. The van der Waals surface area contributed by atoms with Crippen molar-refractivity contribution >= 4 is 29.3 Å². The number of aromatic nitrogens is 3. The van der Waals surface area contributed by atoms with E-state index < -0.39 is 0 Å². The molecule has 1 aromatic heterocycles. The average Bonchev–Trinajstić information content (AvgIpc) is 3.15. The SMILES string of the molecule is CC(C)CNC(=O)C1Sc2nnc(-c3ccccc3)n2NC1c1ccc(Cl)cc1. The van der Waals surface area contributed by atoms with Crippen LogP contribution in [-0.2, 0) is 4.79 Å². The number of hydrogen-bond donors (Lipinski definition) is 2. The molecular formula is C21H22ClN5OS. The van der Waals surface area contributed by atoms with Crippen molar-refractivity contribution in [3.63, 3.8) is 0 Å². The quantitative estimate of drug-likeness (QED) is 0.640. The molecule has 0 saturated heterocycles. The van der Waals surface area contributed by atoms with Crippen molar-refractivity contribution in [1.29, 1.82) is 0 Å². The van der Waals surface area contributed by atoms with E-state index in [1.165, 1.54) is 11.8 Å². The molecule has 2 aromatic carbocycles. The van der Waals surface area contributed by atoms with Crippen molar-refractivity contribution in [1.82, 2.24) is 20.2 Å². The number of benzene rings is 2. The van der Waals surface area contributed by atoms with Gasteiger partial charge in [-0.2, -0.15) is 0 Å². The number of carbonyl (C=O) groups excluding carboxylic acids is 1. The second kappa shape index (κ2) is 8.47. The normalized spacial score (nSPS) is 18.2. The number of hydrogen-bond acceptors (Lipinski definition) is 5. The van der Waals surface area contributed by atoms with Gasteiger partial charge in [-0.15, -0.1) is 10.2 Å². The number of halogens is 1. The van der Waals surface area contributed by atoms with Crippen LogP contribution in [0, 0.1) is 5.92 Å². The lowest BCUT2D eigenvalue weighted by atomic mass is 10.0. The maximum Gasteiger partial charge on any atom is 0.236 e. The topological polar surface area (TPSA) is 71.8 Å². The minimum atomic E-state index is -0.379. The van der Waals surface area contributed by atoms with E-state index >= 15 is 0 Å². The standard InChI is InChI=1S/C21H22ClN5OS/c1-13(2)12-23-20(28)18-17(14-8-10-16(22)11-9-14)26-27-19(24-25-21(27)29-18)15-6-4-3-5-7-15/h3-11,13,17-18,26H,12H2,1-2H3,(H,23,28). The van der Waals surface area contributed by atoms with E-state index in [4.69, 9.17) is 11.6 Å². The number of carbonyl (C=O) groups is 1. The van der Waals surface area contributed by atoms with Gasteiger partial charge in [0, 0.05) is 17.1 Å². The Kier molecular flexibility index (Phi) is 5.78. The highest BCUT2D eigenvalue weighted by Gasteiger charge is 2.37. The summed E-state index contributed by atoms with van der Waals surface area (Å²) in [5, 5.41) is 12.7. The number of amides is 1. The number of nitrogens with one attached hydrogen (secondary N) is 2. The highest BCUT2D eigenvalue weighted by Crippen LogP contribution is 2.38. The second-order valence-electron chi connectivity index (χ2n) is 7.34. The van der Waals surface area contributed by atoms with Gasteiger partial charge in [-0.3, -0.25) is 4.79 Å². The van der Waals surface area contributed by atoms with Crippen LogP contribution in [-0.4, -0.2) is 32.6 Å². The van der Waals surface area contributed by atoms with Crippen LogP contribution >= 0.6 is 23.4 Å². The van der Waals surface area contributed by atoms with Gasteiger partial charge in [-0.1, -0.05) is 79.7 Å². The zero-order valence-corrected chi connectivity index (χ0v) is 17.7. The molecule has 2 heterocycles. The Morgan fingerprint density at radius 3 is 2.59 bits per heavy atom. The predicted octanol–water partition coefficient (Wildman–Crippen LogP) is 4.13. The largest absolute Gasteiger partial charge is 0.355 e. The monoisotopic (exact) mass is 427 g/mol. The molecule has 0 aliphatic carbocycles. The zero-order valence-electron chi connectivity index (χ0n) is 16.2. The van der Waals surface area contributed by atoms with Crippen LogP contribution in [0.3, 0.4) is 0 Å². The molecule has 4 rings (SSSR count). The predicted molar refractivity (Wildman–Crippen MR) is 117 cm³/mol. The maximum absolute atomic E-state index is 13.0. The van der Waals surface area contributed by atoms with Crippen LogP contribution in [0.15, 0.2) is 59.8 Å². The summed E-state index contributed by atoms with van der Waals surface area (Å²) in [6.07, 6.45) is 0. The third-order valence-corrected chi connectivity index (χ3v) is 6.11. The van der Waals surface area contributed by atoms with Gasteiger partial charge in [0.25, 0.3) is 0 Å². The number of thioether (sulfide) groups is 1. The van der Waals surface area contributed by atoms with E-state index in [2.05, 4.69) is 34.8 Å². The smallest absolute Gasteiger partial charge is 0.236 e.